The zero-order valence-corrected chi connectivity index (χ0v) is 13.2. The van der Waals surface area contributed by atoms with Crippen LogP contribution in [0.3, 0.4) is 0 Å². The molecule has 0 aliphatic rings. The van der Waals surface area contributed by atoms with Crippen molar-refractivity contribution in [2.45, 2.75) is 52.2 Å². The van der Waals surface area contributed by atoms with E-state index in [1.165, 1.54) is 0 Å². The van der Waals surface area contributed by atoms with Gasteiger partial charge in [-0.1, -0.05) is 20.8 Å². The van der Waals surface area contributed by atoms with E-state index in [0.717, 1.165) is 6.26 Å². The van der Waals surface area contributed by atoms with E-state index in [1.807, 2.05) is 20.8 Å². The molecule has 0 radical (unpaired) electrons. The van der Waals surface area contributed by atoms with Crippen LogP contribution in [0.5, 0.6) is 0 Å². The summed E-state index contributed by atoms with van der Waals surface area (Å²) in [6.07, 6.45) is 1.94. The van der Waals surface area contributed by atoms with Gasteiger partial charge in [0.25, 0.3) is 0 Å². The molecule has 0 fully saturated rings. The molecule has 3 N–H and O–H groups in total. The molecule has 1 amide bonds. The lowest BCUT2D eigenvalue weighted by molar-refractivity contribution is -0.124. The second-order valence-corrected chi connectivity index (χ2v) is 7.42. The number of aliphatic hydroxyl groups is 1. The molecule has 0 aromatic rings. The van der Waals surface area contributed by atoms with Crippen LogP contribution in [0, 0.1) is 5.92 Å². The van der Waals surface area contributed by atoms with Gasteiger partial charge in [-0.05, 0) is 25.7 Å². The Bertz CT molecular complexity index is 391. The maximum absolute atomic E-state index is 12.0. The second-order valence-electron chi connectivity index (χ2n) is 5.64. The highest BCUT2D eigenvalue weighted by molar-refractivity contribution is 7.88. The maximum Gasteiger partial charge on any atom is 0.238 e. The van der Waals surface area contributed by atoms with Crippen LogP contribution in [0.1, 0.15) is 40.5 Å². The Hall–Kier alpha value is -0.660. The molecule has 7 heteroatoms. The number of rotatable bonds is 8. The molecule has 0 aliphatic heterocycles. The molecule has 2 unspecified atom stereocenters. The molecule has 0 aliphatic carbocycles. The second kappa shape index (κ2) is 7.21. The summed E-state index contributed by atoms with van der Waals surface area (Å²) in [7, 11) is -3.45. The van der Waals surface area contributed by atoms with Crippen molar-refractivity contribution in [2.24, 2.45) is 5.92 Å². The Kier molecular flexibility index (Phi) is 6.96. The topological polar surface area (TPSA) is 95.5 Å². The first-order valence-electron chi connectivity index (χ1n) is 6.44. The van der Waals surface area contributed by atoms with Gasteiger partial charge in [0.15, 0.2) is 0 Å². The summed E-state index contributed by atoms with van der Waals surface area (Å²) >= 11 is 0. The van der Waals surface area contributed by atoms with Gasteiger partial charge >= 0.3 is 0 Å². The average Bonchev–Trinajstić information content (AvgIpc) is 2.22. The van der Waals surface area contributed by atoms with E-state index in [2.05, 4.69) is 10.0 Å². The van der Waals surface area contributed by atoms with Crippen molar-refractivity contribution < 1.29 is 18.3 Å². The van der Waals surface area contributed by atoms with Gasteiger partial charge in [-0.15, -0.1) is 0 Å². The number of nitrogens with one attached hydrogen (secondary N) is 2. The summed E-state index contributed by atoms with van der Waals surface area (Å²) < 4.78 is 24.8. The first-order valence-corrected chi connectivity index (χ1v) is 8.33. The Balaban J connectivity index is 4.64. The quantitative estimate of drug-likeness (QED) is 0.597. The third kappa shape index (κ3) is 8.96. The number of sulfonamides is 1. The van der Waals surface area contributed by atoms with Crippen LogP contribution < -0.4 is 10.0 Å². The van der Waals surface area contributed by atoms with Gasteiger partial charge in [0.05, 0.1) is 11.9 Å². The molecule has 0 aromatic carbocycles. The number of carbonyl (C=O) groups is 1. The lowest BCUT2D eigenvalue weighted by Gasteiger charge is -2.24. The summed E-state index contributed by atoms with van der Waals surface area (Å²) in [5, 5.41) is 12.4. The lowest BCUT2D eigenvalue weighted by atomic mass is 10.0. The molecule has 0 saturated heterocycles. The van der Waals surface area contributed by atoms with Crippen LogP contribution in [0.15, 0.2) is 0 Å². The van der Waals surface area contributed by atoms with Crippen molar-refractivity contribution in [3.8, 4) is 0 Å². The molecule has 0 saturated carbocycles. The summed E-state index contributed by atoms with van der Waals surface area (Å²) in [5.41, 5.74) is -0.983. The molecule has 0 aromatic heterocycles. The van der Waals surface area contributed by atoms with E-state index < -0.39 is 27.6 Å². The van der Waals surface area contributed by atoms with Crippen molar-refractivity contribution >= 4 is 15.9 Å². The summed E-state index contributed by atoms with van der Waals surface area (Å²) in [6.45, 7) is 7.35. The number of amides is 1. The third-order valence-electron chi connectivity index (χ3n) is 2.79. The smallest absolute Gasteiger partial charge is 0.238 e. The number of hydrogen-bond donors (Lipinski definition) is 3. The maximum atomic E-state index is 12.0. The fourth-order valence-electron chi connectivity index (χ4n) is 1.46. The summed E-state index contributed by atoms with van der Waals surface area (Å²) in [4.78, 5) is 12.0. The number of carbonyl (C=O) groups excluding carboxylic acids is 1. The molecule has 0 rings (SSSR count). The zero-order chi connectivity index (χ0) is 15.3. The highest BCUT2D eigenvalue weighted by atomic mass is 32.2. The standard InChI is InChI=1S/C12H26N2O4S/c1-6-12(4,16)8-13-11(15)10(7-9(2)3)14-19(5,17)18/h9-10,14,16H,6-8H2,1-5H3,(H,13,15). The van der Waals surface area contributed by atoms with Gasteiger partial charge in [0, 0.05) is 6.54 Å². The van der Waals surface area contributed by atoms with E-state index in [4.69, 9.17) is 0 Å². The summed E-state index contributed by atoms with van der Waals surface area (Å²) in [5.74, 6) is -0.232. The third-order valence-corrected chi connectivity index (χ3v) is 3.50. The molecule has 6 nitrogen and oxygen atoms in total. The first-order chi connectivity index (χ1) is 8.47. The van der Waals surface area contributed by atoms with E-state index >= 15 is 0 Å². The van der Waals surface area contributed by atoms with Crippen LogP contribution in [0.2, 0.25) is 0 Å². The van der Waals surface area contributed by atoms with Crippen molar-refractivity contribution in [1.29, 1.82) is 0 Å². The minimum absolute atomic E-state index is 0.0996. The first kappa shape index (κ1) is 18.3. The van der Waals surface area contributed by atoms with E-state index in [0.29, 0.717) is 12.8 Å². The predicted molar refractivity (Wildman–Crippen MR) is 75.1 cm³/mol. The predicted octanol–water partition coefficient (Wildman–Crippen LogP) is 0.228. The lowest BCUT2D eigenvalue weighted by Crippen LogP contribution is -2.50. The average molecular weight is 294 g/mol. The highest BCUT2D eigenvalue weighted by Crippen LogP contribution is 2.08. The van der Waals surface area contributed by atoms with Crippen LogP contribution in [-0.4, -0.2) is 43.9 Å². The van der Waals surface area contributed by atoms with Crippen LogP contribution in [0.4, 0.5) is 0 Å². The van der Waals surface area contributed by atoms with Crippen molar-refractivity contribution in [2.75, 3.05) is 12.8 Å². The monoisotopic (exact) mass is 294 g/mol. The number of hydrogen-bond acceptors (Lipinski definition) is 4. The van der Waals surface area contributed by atoms with Gasteiger partial charge in [-0.3, -0.25) is 4.79 Å². The Morgan fingerprint density at radius 1 is 1.37 bits per heavy atom. The molecule has 0 heterocycles. The van der Waals surface area contributed by atoms with Crippen molar-refractivity contribution in [3.63, 3.8) is 0 Å². The van der Waals surface area contributed by atoms with Crippen LogP contribution >= 0.6 is 0 Å². The van der Waals surface area contributed by atoms with Crippen molar-refractivity contribution in [3.05, 3.63) is 0 Å². The van der Waals surface area contributed by atoms with Gasteiger partial charge in [0.2, 0.25) is 15.9 Å². The zero-order valence-electron chi connectivity index (χ0n) is 12.4. The Morgan fingerprint density at radius 2 is 1.89 bits per heavy atom. The molecule has 0 bridgehead atoms. The van der Waals surface area contributed by atoms with E-state index in [1.54, 1.807) is 6.92 Å². The van der Waals surface area contributed by atoms with E-state index in [9.17, 15) is 18.3 Å². The Labute approximate surface area is 116 Å². The van der Waals surface area contributed by atoms with Gasteiger partial charge in [0.1, 0.15) is 6.04 Å². The Morgan fingerprint density at radius 3 is 2.26 bits per heavy atom. The highest BCUT2D eigenvalue weighted by Gasteiger charge is 2.25. The molecular weight excluding hydrogens is 268 g/mol. The minimum atomic E-state index is -3.45. The normalized spacial score (nSPS) is 17.0. The molecule has 2 atom stereocenters. The molecule has 114 valence electrons. The molecular formula is C12H26N2O4S. The van der Waals surface area contributed by atoms with Gasteiger partial charge in [-0.25, -0.2) is 13.1 Å². The van der Waals surface area contributed by atoms with E-state index in [-0.39, 0.29) is 12.5 Å². The van der Waals surface area contributed by atoms with Crippen molar-refractivity contribution in [1.82, 2.24) is 10.0 Å². The minimum Gasteiger partial charge on any atom is -0.388 e. The van der Waals surface area contributed by atoms with Crippen LogP contribution in [0.25, 0.3) is 0 Å². The van der Waals surface area contributed by atoms with Crippen LogP contribution in [-0.2, 0) is 14.8 Å². The fraction of sp³-hybridized carbons (Fsp3) is 0.917. The molecule has 19 heavy (non-hydrogen) atoms. The fourth-order valence-corrected chi connectivity index (χ4v) is 2.18. The van der Waals surface area contributed by atoms with Gasteiger partial charge < -0.3 is 10.4 Å². The SMILES string of the molecule is CCC(C)(O)CNC(=O)C(CC(C)C)NS(C)(=O)=O. The van der Waals surface area contributed by atoms with Gasteiger partial charge in [-0.2, -0.15) is 0 Å². The largest absolute Gasteiger partial charge is 0.388 e. The summed E-state index contributed by atoms with van der Waals surface area (Å²) in [6, 6.07) is -0.803. The molecule has 0 spiro atoms.